The van der Waals surface area contributed by atoms with Gasteiger partial charge in [0.1, 0.15) is 5.60 Å². The monoisotopic (exact) mass is 430 g/mol. The van der Waals surface area contributed by atoms with Gasteiger partial charge in [0.05, 0.1) is 5.41 Å². The molecule has 172 valence electrons. The molecule has 4 rings (SSSR count). The van der Waals surface area contributed by atoms with Crippen molar-refractivity contribution in [2.75, 3.05) is 6.61 Å². The molecule has 5 nitrogen and oxygen atoms in total. The molecular formula is C26H38O5. The maximum atomic E-state index is 13.2. The molecule has 0 aliphatic heterocycles. The van der Waals surface area contributed by atoms with Crippen molar-refractivity contribution in [3.05, 3.63) is 11.6 Å². The van der Waals surface area contributed by atoms with E-state index in [0.29, 0.717) is 24.7 Å². The fourth-order valence-corrected chi connectivity index (χ4v) is 7.50. The summed E-state index contributed by atoms with van der Waals surface area (Å²) in [4.78, 5) is 37.3. The largest absolute Gasteiger partial charge is 0.457 e. The predicted octanol–water partition coefficient (Wildman–Crippen LogP) is 4.41. The van der Waals surface area contributed by atoms with Crippen molar-refractivity contribution >= 4 is 17.5 Å². The lowest BCUT2D eigenvalue weighted by molar-refractivity contribution is -0.172. The summed E-state index contributed by atoms with van der Waals surface area (Å²) in [5.41, 5.74) is -1.19. The lowest BCUT2D eigenvalue weighted by Crippen LogP contribution is -2.58. The molecule has 5 heteroatoms. The number of ketones is 2. The molecule has 0 heterocycles. The van der Waals surface area contributed by atoms with Crippen LogP contribution < -0.4 is 0 Å². The number of carbonyl (C=O) groups excluding carboxylic acids is 3. The Labute approximate surface area is 186 Å². The SMILES string of the molecule is CC(C)(C)C(=O)OCC(=O)[C@@]1(O)CCC2C3CCC4=CC(=O)CC[C@]4(C)C3CC[C@@]21C. The molecule has 0 aromatic heterocycles. The first kappa shape index (κ1) is 22.7. The average Bonchev–Trinajstić information content (AvgIpc) is 2.98. The van der Waals surface area contributed by atoms with Gasteiger partial charge >= 0.3 is 5.97 Å². The van der Waals surface area contributed by atoms with E-state index in [1.807, 2.05) is 6.08 Å². The van der Waals surface area contributed by atoms with Crippen molar-refractivity contribution < 1.29 is 24.2 Å². The van der Waals surface area contributed by atoms with Crippen LogP contribution in [0.5, 0.6) is 0 Å². The maximum absolute atomic E-state index is 13.2. The average molecular weight is 431 g/mol. The van der Waals surface area contributed by atoms with Gasteiger partial charge in [-0.3, -0.25) is 14.4 Å². The molecule has 31 heavy (non-hydrogen) atoms. The highest BCUT2D eigenvalue weighted by Gasteiger charge is 2.66. The zero-order chi connectivity index (χ0) is 22.8. The van der Waals surface area contributed by atoms with Crippen LogP contribution >= 0.6 is 0 Å². The minimum Gasteiger partial charge on any atom is -0.457 e. The lowest BCUT2D eigenvalue weighted by atomic mass is 9.46. The Kier molecular flexibility index (Phi) is 5.32. The molecule has 0 radical (unpaired) electrons. The Balaban J connectivity index is 1.54. The summed E-state index contributed by atoms with van der Waals surface area (Å²) >= 11 is 0. The van der Waals surface area contributed by atoms with Gasteiger partial charge in [-0.15, -0.1) is 0 Å². The smallest absolute Gasteiger partial charge is 0.311 e. The molecule has 4 aliphatic rings. The van der Waals surface area contributed by atoms with Crippen LogP contribution in [0, 0.1) is 34.0 Å². The fraction of sp³-hybridized carbons (Fsp3) is 0.808. The fourth-order valence-electron chi connectivity index (χ4n) is 7.50. The maximum Gasteiger partial charge on any atom is 0.311 e. The summed E-state index contributed by atoms with van der Waals surface area (Å²) in [5, 5.41) is 11.7. The van der Waals surface area contributed by atoms with Crippen molar-refractivity contribution in [3.63, 3.8) is 0 Å². The van der Waals surface area contributed by atoms with Gasteiger partial charge in [-0.1, -0.05) is 19.4 Å². The Hall–Kier alpha value is -1.49. The first-order valence-corrected chi connectivity index (χ1v) is 12.0. The summed E-state index contributed by atoms with van der Waals surface area (Å²) in [5.74, 6) is 0.758. The van der Waals surface area contributed by atoms with Crippen molar-refractivity contribution in [1.82, 2.24) is 0 Å². The van der Waals surface area contributed by atoms with Crippen LogP contribution in [-0.4, -0.2) is 34.9 Å². The number of hydrogen-bond donors (Lipinski definition) is 1. The second kappa shape index (κ2) is 7.26. The van der Waals surface area contributed by atoms with Gasteiger partial charge in [0.25, 0.3) is 0 Å². The number of carbonyl (C=O) groups is 3. The van der Waals surface area contributed by atoms with Gasteiger partial charge in [0.2, 0.25) is 5.78 Å². The second-order valence-electron chi connectivity index (χ2n) is 12.1. The van der Waals surface area contributed by atoms with E-state index in [2.05, 4.69) is 13.8 Å². The van der Waals surface area contributed by atoms with Crippen LogP contribution in [0.4, 0.5) is 0 Å². The summed E-state index contributed by atoms with van der Waals surface area (Å²) in [7, 11) is 0. The zero-order valence-corrected chi connectivity index (χ0v) is 19.8. The first-order chi connectivity index (χ1) is 14.3. The van der Waals surface area contributed by atoms with Crippen LogP contribution in [0.15, 0.2) is 11.6 Å². The topological polar surface area (TPSA) is 80.7 Å². The molecule has 6 atom stereocenters. The number of esters is 1. The lowest BCUT2D eigenvalue weighted by Gasteiger charge is -2.58. The van der Waals surface area contributed by atoms with Crippen LogP contribution in [0.25, 0.3) is 0 Å². The van der Waals surface area contributed by atoms with E-state index < -0.39 is 22.4 Å². The van der Waals surface area contributed by atoms with E-state index in [0.717, 1.165) is 38.5 Å². The van der Waals surface area contributed by atoms with Gasteiger partial charge in [0, 0.05) is 11.8 Å². The Morgan fingerprint density at radius 3 is 2.42 bits per heavy atom. The van der Waals surface area contributed by atoms with E-state index >= 15 is 0 Å². The quantitative estimate of drug-likeness (QED) is 0.671. The molecule has 3 fully saturated rings. The Morgan fingerprint density at radius 1 is 1.06 bits per heavy atom. The molecule has 0 aromatic rings. The molecule has 0 spiro atoms. The number of allylic oxidation sites excluding steroid dienone is 1. The second-order valence-corrected chi connectivity index (χ2v) is 12.1. The molecule has 3 saturated carbocycles. The minimum absolute atomic E-state index is 0.0745. The van der Waals surface area contributed by atoms with Crippen molar-refractivity contribution in [1.29, 1.82) is 0 Å². The van der Waals surface area contributed by atoms with Crippen LogP contribution in [0.2, 0.25) is 0 Å². The zero-order valence-electron chi connectivity index (χ0n) is 19.8. The van der Waals surface area contributed by atoms with E-state index in [9.17, 15) is 19.5 Å². The highest BCUT2D eigenvalue weighted by Crippen LogP contribution is 2.67. The number of Topliss-reactive ketones (excluding diaryl/α,β-unsaturated/α-hetero) is 1. The van der Waals surface area contributed by atoms with Gasteiger partial charge in [-0.2, -0.15) is 0 Å². The highest BCUT2D eigenvalue weighted by atomic mass is 16.5. The Morgan fingerprint density at radius 2 is 1.74 bits per heavy atom. The summed E-state index contributed by atoms with van der Waals surface area (Å²) in [6.07, 6.45) is 8.49. The van der Waals surface area contributed by atoms with Crippen LogP contribution in [0.1, 0.15) is 86.0 Å². The standard InChI is InChI=1S/C26H38O5/c1-23(2,3)22(29)31-15-21(28)26(30)13-10-20-18-7-6-16-14-17(27)8-11-24(16,4)19(18)9-12-25(20,26)5/h14,18-20,30H,6-13,15H2,1-5H3/t18?,19?,20?,24-,25-,26-/m0/s1. The van der Waals surface area contributed by atoms with Crippen LogP contribution in [-0.2, 0) is 19.1 Å². The number of ether oxygens (including phenoxy) is 1. The van der Waals surface area contributed by atoms with E-state index in [1.54, 1.807) is 20.8 Å². The van der Waals surface area contributed by atoms with Gasteiger partial charge in [-0.25, -0.2) is 0 Å². The Bertz CT molecular complexity index is 835. The third kappa shape index (κ3) is 3.34. The first-order valence-electron chi connectivity index (χ1n) is 12.0. The van der Waals surface area contributed by atoms with Crippen LogP contribution in [0.3, 0.4) is 0 Å². The highest BCUT2D eigenvalue weighted by molar-refractivity contribution is 5.92. The third-order valence-corrected chi connectivity index (χ3v) is 9.52. The summed E-state index contributed by atoms with van der Waals surface area (Å²) in [6, 6.07) is 0. The number of rotatable bonds is 3. The summed E-state index contributed by atoms with van der Waals surface area (Å²) < 4.78 is 5.29. The molecule has 0 saturated heterocycles. The predicted molar refractivity (Wildman–Crippen MR) is 117 cm³/mol. The molecule has 3 unspecified atom stereocenters. The normalized spacial score (nSPS) is 42.2. The molecule has 0 aromatic carbocycles. The molecule has 1 N–H and O–H groups in total. The molecule has 0 bridgehead atoms. The summed E-state index contributed by atoms with van der Waals surface area (Å²) in [6.45, 7) is 9.34. The number of fused-ring (bicyclic) bond motifs is 5. The van der Waals surface area contributed by atoms with Crippen molar-refractivity contribution in [2.24, 2.45) is 34.0 Å². The number of aliphatic hydroxyl groups is 1. The number of hydrogen-bond acceptors (Lipinski definition) is 5. The van der Waals surface area contributed by atoms with E-state index in [4.69, 9.17) is 4.74 Å². The molecule has 0 amide bonds. The minimum atomic E-state index is -1.43. The molecular weight excluding hydrogens is 392 g/mol. The van der Waals surface area contributed by atoms with Gasteiger partial charge in [-0.05, 0) is 95.0 Å². The van der Waals surface area contributed by atoms with E-state index in [1.165, 1.54) is 5.57 Å². The van der Waals surface area contributed by atoms with Crippen molar-refractivity contribution in [2.45, 2.75) is 91.6 Å². The van der Waals surface area contributed by atoms with Crippen molar-refractivity contribution in [3.8, 4) is 0 Å². The van der Waals surface area contributed by atoms with E-state index in [-0.39, 0.29) is 29.5 Å². The third-order valence-electron chi connectivity index (χ3n) is 9.52. The van der Waals surface area contributed by atoms with Gasteiger partial charge in [0.15, 0.2) is 12.4 Å². The molecule has 4 aliphatic carbocycles. The van der Waals surface area contributed by atoms with Gasteiger partial charge < -0.3 is 9.84 Å².